The van der Waals surface area contributed by atoms with Crippen LogP contribution in [0.25, 0.3) is 0 Å². The van der Waals surface area contributed by atoms with Crippen LogP contribution in [0.4, 0.5) is 0 Å². The van der Waals surface area contributed by atoms with Gasteiger partial charge in [0.25, 0.3) is 5.91 Å². The fraction of sp³-hybridized carbons (Fsp3) is 0.211. The molecule has 2 N–H and O–H groups in total. The van der Waals surface area contributed by atoms with Crippen LogP contribution in [-0.4, -0.2) is 24.4 Å². The van der Waals surface area contributed by atoms with E-state index in [0.29, 0.717) is 0 Å². The highest BCUT2D eigenvalue weighted by molar-refractivity contribution is 5.83. The summed E-state index contributed by atoms with van der Waals surface area (Å²) in [5, 5.41) is 0. The number of hydrogen-bond acceptors (Lipinski definition) is 4. The van der Waals surface area contributed by atoms with E-state index in [1.807, 2.05) is 60.7 Å². The molecule has 6 heteroatoms. The first kappa shape index (κ1) is 18.2. The molecule has 0 aliphatic carbocycles. The van der Waals surface area contributed by atoms with Crippen molar-refractivity contribution in [3.8, 4) is 0 Å². The van der Waals surface area contributed by atoms with E-state index < -0.39 is 24.4 Å². The monoisotopic (exact) mass is 340 g/mol. The molecule has 6 nitrogen and oxygen atoms in total. The second-order valence-corrected chi connectivity index (χ2v) is 5.47. The van der Waals surface area contributed by atoms with Crippen molar-refractivity contribution in [1.29, 1.82) is 0 Å². The van der Waals surface area contributed by atoms with Gasteiger partial charge in [0, 0.05) is 12.8 Å². The van der Waals surface area contributed by atoms with Crippen LogP contribution in [0.5, 0.6) is 0 Å². The third-order valence-electron chi connectivity index (χ3n) is 3.52. The average molecular weight is 340 g/mol. The number of amides is 2. The molecule has 130 valence electrons. The predicted octanol–water partition coefficient (Wildman–Crippen LogP) is 1.92. The molecule has 2 aromatic carbocycles. The van der Waals surface area contributed by atoms with Crippen LogP contribution < -0.4 is 10.9 Å². The summed E-state index contributed by atoms with van der Waals surface area (Å²) in [5.74, 6) is -1.66. The minimum atomic E-state index is -0.598. The molecule has 0 unspecified atom stereocenters. The van der Waals surface area contributed by atoms with Crippen LogP contribution in [0.2, 0.25) is 0 Å². The van der Waals surface area contributed by atoms with Crippen molar-refractivity contribution < 1.29 is 19.1 Å². The van der Waals surface area contributed by atoms with Gasteiger partial charge < -0.3 is 4.74 Å². The van der Waals surface area contributed by atoms with Crippen molar-refractivity contribution in [1.82, 2.24) is 10.9 Å². The zero-order chi connectivity index (χ0) is 18.1. The maximum absolute atomic E-state index is 12.2. The molecule has 25 heavy (non-hydrogen) atoms. The summed E-state index contributed by atoms with van der Waals surface area (Å²) in [7, 11) is 0. The summed E-state index contributed by atoms with van der Waals surface area (Å²) in [5.41, 5.74) is 6.26. The number of hydrogen-bond donors (Lipinski definition) is 2. The maximum Gasteiger partial charge on any atom is 0.307 e. The third kappa shape index (κ3) is 6.10. The van der Waals surface area contributed by atoms with E-state index in [-0.39, 0.29) is 12.3 Å². The summed E-state index contributed by atoms with van der Waals surface area (Å²) in [6, 6.07) is 19.3. The smallest absolute Gasteiger partial charge is 0.307 e. The van der Waals surface area contributed by atoms with Gasteiger partial charge in [-0.05, 0) is 11.1 Å². The summed E-state index contributed by atoms with van der Waals surface area (Å²) in [6.45, 7) is 0.812. The largest absolute Gasteiger partial charge is 0.455 e. The number of esters is 1. The third-order valence-corrected chi connectivity index (χ3v) is 3.52. The lowest BCUT2D eigenvalue weighted by atomic mass is 9.89. The van der Waals surface area contributed by atoms with Gasteiger partial charge in [0.1, 0.15) is 0 Å². The van der Waals surface area contributed by atoms with Crippen molar-refractivity contribution in [3.63, 3.8) is 0 Å². The minimum absolute atomic E-state index is 0.113. The van der Waals surface area contributed by atoms with Crippen molar-refractivity contribution in [2.45, 2.75) is 19.3 Å². The first-order valence-electron chi connectivity index (χ1n) is 7.87. The molecule has 0 saturated carbocycles. The molecule has 0 bridgehead atoms. The number of nitrogens with one attached hydrogen (secondary N) is 2. The SMILES string of the molecule is CC(=O)NNC(=O)COC(=O)CC(c1ccccc1)c1ccccc1. The van der Waals surface area contributed by atoms with E-state index in [4.69, 9.17) is 4.74 Å². The van der Waals surface area contributed by atoms with Gasteiger partial charge in [0.2, 0.25) is 5.91 Å². The van der Waals surface area contributed by atoms with Gasteiger partial charge in [-0.25, -0.2) is 0 Å². The van der Waals surface area contributed by atoms with Crippen molar-refractivity contribution in [2.75, 3.05) is 6.61 Å². The fourth-order valence-corrected chi connectivity index (χ4v) is 2.36. The summed E-state index contributed by atoms with van der Waals surface area (Å²) in [4.78, 5) is 34.3. The Hall–Kier alpha value is -3.15. The predicted molar refractivity (Wildman–Crippen MR) is 92.3 cm³/mol. The Labute approximate surface area is 146 Å². The van der Waals surface area contributed by atoms with E-state index in [0.717, 1.165) is 11.1 Å². The van der Waals surface area contributed by atoms with E-state index >= 15 is 0 Å². The molecule has 2 amide bonds. The highest BCUT2D eigenvalue weighted by Crippen LogP contribution is 2.28. The van der Waals surface area contributed by atoms with Crippen LogP contribution in [-0.2, 0) is 19.1 Å². The Balaban J connectivity index is 1.99. The summed E-state index contributed by atoms with van der Waals surface area (Å²) in [6.07, 6.45) is 0.113. The molecule has 0 saturated heterocycles. The molecule has 0 radical (unpaired) electrons. The molecule has 0 aliphatic rings. The van der Waals surface area contributed by atoms with Gasteiger partial charge in [0.15, 0.2) is 6.61 Å². The van der Waals surface area contributed by atoms with Gasteiger partial charge in [-0.3, -0.25) is 25.2 Å². The van der Waals surface area contributed by atoms with Gasteiger partial charge >= 0.3 is 5.97 Å². The van der Waals surface area contributed by atoms with Crippen molar-refractivity contribution >= 4 is 17.8 Å². The summed E-state index contributed by atoms with van der Waals surface area (Å²) >= 11 is 0. The van der Waals surface area contributed by atoms with Crippen LogP contribution >= 0.6 is 0 Å². The molecule has 0 spiro atoms. The number of ether oxygens (including phenoxy) is 1. The van der Waals surface area contributed by atoms with E-state index in [1.54, 1.807) is 0 Å². The van der Waals surface area contributed by atoms with Crippen LogP contribution in [0.1, 0.15) is 30.4 Å². The van der Waals surface area contributed by atoms with E-state index in [9.17, 15) is 14.4 Å². The fourth-order valence-electron chi connectivity index (χ4n) is 2.36. The first-order chi connectivity index (χ1) is 12.1. The van der Waals surface area contributed by atoms with E-state index in [1.165, 1.54) is 6.92 Å². The number of carbonyl (C=O) groups is 3. The first-order valence-corrected chi connectivity index (χ1v) is 7.87. The standard InChI is InChI=1S/C19H20N2O4/c1-14(22)20-21-18(23)13-25-19(24)12-17(15-8-4-2-5-9-15)16-10-6-3-7-11-16/h2-11,17H,12-13H2,1H3,(H,20,22)(H,21,23). The number of carbonyl (C=O) groups excluding carboxylic acids is 3. The molecule has 0 atom stereocenters. The van der Waals surface area contributed by atoms with Gasteiger partial charge in [-0.2, -0.15) is 0 Å². The topological polar surface area (TPSA) is 84.5 Å². The minimum Gasteiger partial charge on any atom is -0.455 e. The zero-order valence-electron chi connectivity index (χ0n) is 13.9. The average Bonchev–Trinajstić information content (AvgIpc) is 2.64. The molecule has 0 heterocycles. The normalized spacial score (nSPS) is 10.2. The van der Waals surface area contributed by atoms with Crippen LogP contribution in [0.3, 0.4) is 0 Å². The van der Waals surface area contributed by atoms with Gasteiger partial charge in [-0.15, -0.1) is 0 Å². The second kappa shape index (κ2) is 9.22. The molecule has 2 aromatic rings. The quantitative estimate of drug-likeness (QED) is 0.621. The van der Waals surface area contributed by atoms with E-state index in [2.05, 4.69) is 10.9 Å². The summed E-state index contributed by atoms with van der Waals surface area (Å²) < 4.78 is 5.01. The molecular weight excluding hydrogens is 320 g/mol. The zero-order valence-corrected chi connectivity index (χ0v) is 13.9. The van der Waals surface area contributed by atoms with Gasteiger partial charge in [0.05, 0.1) is 6.42 Å². The number of rotatable bonds is 6. The van der Waals surface area contributed by atoms with Crippen molar-refractivity contribution in [2.24, 2.45) is 0 Å². The molecule has 2 rings (SSSR count). The Morgan fingerprint density at radius 1 is 0.880 bits per heavy atom. The lowest BCUT2D eigenvalue weighted by Crippen LogP contribution is -2.42. The van der Waals surface area contributed by atoms with Crippen LogP contribution in [0, 0.1) is 0 Å². The highest BCUT2D eigenvalue weighted by atomic mass is 16.5. The maximum atomic E-state index is 12.2. The van der Waals surface area contributed by atoms with Crippen LogP contribution in [0.15, 0.2) is 60.7 Å². The number of benzene rings is 2. The lowest BCUT2D eigenvalue weighted by Gasteiger charge is -2.17. The Kier molecular flexibility index (Phi) is 6.71. The molecule has 0 fully saturated rings. The van der Waals surface area contributed by atoms with Crippen molar-refractivity contribution in [3.05, 3.63) is 71.8 Å². The molecular formula is C19H20N2O4. The Bertz CT molecular complexity index is 677. The second-order valence-electron chi connectivity index (χ2n) is 5.47. The molecule has 0 aliphatic heterocycles. The Morgan fingerprint density at radius 3 is 1.88 bits per heavy atom. The van der Waals surface area contributed by atoms with Gasteiger partial charge in [-0.1, -0.05) is 60.7 Å². The number of hydrazine groups is 1. The lowest BCUT2D eigenvalue weighted by molar-refractivity contribution is -0.149. The molecule has 0 aromatic heterocycles. The highest BCUT2D eigenvalue weighted by Gasteiger charge is 2.19. The Morgan fingerprint density at radius 2 is 1.40 bits per heavy atom.